The molecule has 18 heavy (non-hydrogen) atoms. The maximum absolute atomic E-state index is 8.90. The lowest BCUT2D eigenvalue weighted by Crippen LogP contribution is -2.11. The van der Waals surface area contributed by atoms with E-state index in [0.29, 0.717) is 18.0 Å². The normalized spacial score (nSPS) is 9.78. The van der Waals surface area contributed by atoms with Gasteiger partial charge in [-0.2, -0.15) is 9.99 Å². The van der Waals surface area contributed by atoms with Crippen LogP contribution >= 0.6 is 0 Å². The fourth-order valence-corrected chi connectivity index (χ4v) is 1.63. The summed E-state index contributed by atoms with van der Waals surface area (Å²) in [7, 11) is 0. The second kappa shape index (κ2) is 5.19. The van der Waals surface area contributed by atoms with Crippen LogP contribution in [0.3, 0.4) is 0 Å². The Morgan fingerprint density at radius 3 is 3.11 bits per heavy atom. The highest BCUT2D eigenvalue weighted by Crippen LogP contribution is 2.19. The summed E-state index contributed by atoms with van der Waals surface area (Å²) in [5.74, 6) is 0.687. The van der Waals surface area contributed by atoms with Crippen molar-refractivity contribution in [1.82, 2.24) is 9.71 Å². The number of nitriles is 1. The van der Waals surface area contributed by atoms with E-state index in [4.69, 9.17) is 10.1 Å². The van der Waals surface area contributed by atoms with Crippen LogP contribution in [0.25, 0.3) is 11.4 Å². The minimum absolute atomic E-state index is 0.404. The maximum Gasteiger partial charge on any atom is 0.175 e. The molecule has 0 N–H and O–H groups in total. The van der Waals surface area contributed by atoms with Crippen molar-refractivity contribution in [1.29, 1.82) is 5.26 Å². The van der Waals surface area contributed by atoms with Crippen molar-refractivity contribution < 1.29 is 4.84 Å². The molecule has 0 spiro atoms. The summed E-state index contributed by atoms with van der Waals surface area (Å²) in [4.78, 5) is 9.89. The number of hydrogen-bond donors (Lipinski definition) is 0. The predicted molar refractivity (Wildman–Crippen MR) is 68.8 cm³/mol. The lowest BCUT2D eigenvalue weighted by atomic mass is 10.1. The van der Waals surface area contributed by atoms with Gasteiger partial charge >= 0.3 is 0 Å². The van der Waals surface area contributed by atoms with E-state index in [-0.39, 0.29) is 0 Å². The topological polar surface area (TPSA) is 50.8 Å². The summed E-state index contributed by atoms with van der Waals surface area (Å²) in [6.07, 6.45) is 3.47. The van der Waals surface area contributed by atoms with Gasteiger partial charge in [-0.25, -0.2) is 4.98 Å². The Kier molecular flexibility index (Phi) is 3.44. The molecule has 1 aromatic heterocycles. The number of rotatable bonds is 4. The zero-order chi connectivity index (χ0) is 13.0. The van der Waals surface area contributed by atoms with Gasteiger partial charge in [-0.15, -0.1) is 0 Å². The maximum atomic E-state index is 8.90. The van der Waals surface area contributed by atoms with Gasteiger partial charge in [0.2, 0.25) is 0 Å². The largest absolute Gasteiger partial charge is 0.408 e. The van der Waals surface area contributed by atoms with Crippen LogP contribution in [0, 0.1) is 18.3 Å². The van der Waals surface area contributed by atoms with Gasteiger partial charge in [-0.3, -0.25) is 0 Å². The van der Waals surface area contributed by atoms with E-state index in [2.05, 4.69) is 17.6 Å². The number of aromatic nitrogens is 2. The number of benzene rings is 1. The number of nitrogens with zero attached hydrogens (tertiary/aromatic N) is 3. The van der Waals surface area contributed by atoms with E-state index >= 15 is 0 Å². The molecular formula is C14H13N3O. The highest BCUT2D eigenvalue weighted by Gasteiger charge is 2.09. The van der Waals surface area contributed by atoms with Gasteiger partial charge in [0.1, 0.15) is 6.61 Å². The van der Waals surface area contributed by atoms with Crippen LogP contribution in [0.5, 0.6) is 0 Å². The molecule has 4 nitrogen and oxygen atoms in total. The fraction of sp³-hybridized carbons (Fsp3) is 0.143. The Bertz CT molecular complexity index is 608. The molecule has 0 unspecified atom stereocenters. The van der Waals surface area contributed by atoms with Gasteiger partial charge in [-0.1, -0.05) is 24.8 Å². The molecule has 0 aliphatic carbocycles. The molecule has 90 valence electrons. The van der Waals surface area contributed by atoms with Crippen molar-refractivity contribution in [2.24, 2.45) is 0 Å². The van der Waals surface area contributed by atoms with Crippen LogP contribution in [-0.2, 0) is 0 Å². The van der Waals surface area contributed by atoms with E-state index in [0.717, 1.165) is 11.3 Å². The summed E-state index contributed by atoms with van der Waals surface area (Å²) in [6, 6.07) is 9.39. The molecule has 0 saturated carbocycles. The molecule has 0 bridgehead atoms. The van der Waals surface area contributed by atoms with Gasteiger partial charge in [-0.05, 0) is 19.1 Å². The Hall–Kier alpha value is -2.54. The molecule has 0 aliphatic rings. The molecule has 4 heteroatoms. The lowest BCUT2D eigenvalue weighted by molar-refractivity contribution is 0.138. The average molecular weight is 239 g/mol. The Balaban J connectivity index is 2.42. The van der Waals surface area contributed by atoms with E-state index in [1.54, 1.807) is 29.1 Å². The molecule has 2 aromatic rings. The first-order chi connectivity index (χ1) is 8.74. The number of aryl methyl sites for hydroxylation is 1. The second-order valence-electron chi connectivity index (χ2n) is 3.81. The zero-order valence-corrected chi connectivity index (χ0v) is 10.1. The molecule has 0 aliphatic heterocycles. The Morgan fingerprint density at radius 1 is 1.56 bits per heavy atom. The van der Waals surface area contributed by atoms with Crippen molar-refractivity contribution >= 4 is 0 Å². The first-order valence-corrected chi connectivity index (χ1v) is 5.55. The van der Waals surface area contributed by atoms with Crippen molar-refractivity contribution in [3.8, 4) is 17.5 Å². The molecule has 0 saturated heterocycles. The Morgan fingerprint density at radius 2 is 2.39 bits per heavy atom. The summed E-state index contributed by atoms with van der Waals surface area (Å²) in [5.41, 5.74) is 2.31. The first-order valence-electron chi connectivity index (χ1n) is 5.55. The molecule has 2 rings (SSSR count). The van der Waals surface area contributed by atoms with Gasteiger partial charge in [0.15, 0.2) is 5.82 Å². The van der Waals surface area contributed by atoms with Crippen LogP contribution in [0.1, 0.15) is 11.3 Å². The van der Waals surface area contributed by atoms with Crippen molar-refractivity contribution in [3.05, 3.63) is 54.4 Å². The number of imidazole rings is 1. The van der Waals surface area contributed by atoms with Crippen LogP contribution in [0.4, 0.5) is 0 Å². The summed E-state index contributed by atoms with van der Waals surface area (Å²) < 4.78 is 1.60. The zero-order valence-electron chi connectivity index (χ0n) is 10.1. The fourth-order valence-electron chi connectivity index (χ4n) is 1.63. The number of hydrogen-bond acceptors (Lipinski definition) is 3. The first kappa shape index (κ1) is 11.9. The Labute approximate surface area is 106 Å². The molecular weight excluding hydrogens is 226 g/mol. The molecule has 0 radical (unpaired) electrons. The standard InChI is InChI=1S/C14H13N3O/c1-3-7-18-17-10-11(2)16-14(17)13-6-4-5-12(8-13)9-15/h3-6,8,10H,1,7H2,2H3. The van der Waals surface area contributed by atoms with Crippen LogP contribution in [0.2, 0.25) is 0 Å². The average Bonchev–Trinajstić information content (AvgIpc) is 2.77. The third kappa shape index (κ3) is 2.41. The van der Waals surface area contributed by atoms with E-state index in [9.17, 15) is 0 Å². The van der Waals surface area contributed by atoms with E-state index < -0.39 is 0 Å². The third-order valence-corrected chi connectivity index (χ3v) is 2.38. The van der Waals surface area contributed by atoms with Gasteiger partial charge in [0.05, 0.1) is 23.5 Å². The van der Waals surface area contributed by atoms with Gasteiger partial charge in [0, 0.05) is 5.56 Å². The molecule has 0 fully saturated rings. The van der Waals surface area contributed by atoms with Crippen molar-refractivity contribution in [2.45, 2.75) is 6.92 Å². The summed E-state index contributed by atoms with van der Waals surface area (Å²) >= 11 is 0. The highest BCUT2D eigenvalue weighted by molar-refractivity contribution is 5.58. The van der Waals surface area contributed by atoms with Crippen LogP contribution in [-0.4, -0.2) is 16.3 Å². The highest BCUT2D eigenvalue weighted by atomic mass is 16.7. The molecule has 0 atom stereocenters. The lowest BCUT2D eigenvalue weighted by Gasteiger charge is -2.07. The van der Waals surface area contributed by atoms with Crippen LogP contribution < -0.4 is 4.84 Å². The quantitative estimate of drug-likeness (QED) is 0.769. The predicted octanol–water partition coefficient (Wildman–Crippen LogP) is 2.34. The summed E-state index contributed by atoms with van der Waals surface area (Å²) in [6.45, 7) is 5.91. The van der Waals surface area contributed by atoms with Gasteiger partial charge < -0.3 is 4.84 Å². The molecule has 1 aromatic carbocycles. The van der Waals surface area contributed by atoms with Crippen LogP contribution in [0.15, 0.2) is 43.1 Å². The van der Waals surface area contributed by atoms with Crippen molar-refractivity contribution in [3.63, 3.8) is 0 Å². The minimum atomic E-state index is 0.404. The second-order valence-corrected chi connectivity index (χ2v) is 3.81. The van der Waals surface area contributed by atoms with E-state index in [1.165, 1.54) is 0 Å². The van der Waals surface area contributed by atoms with Gasteiger partial charge in [0.25, 0.3) is 0 Å². The van der Waals surface area contributed by atoms with Crippen molar-refractivity contribution in [2.75, 3.05) is 6.61 Å². The SMILES string of the molecule is C=CCOn1cc(C)nc1-c1cccc(C#N)c1. The monoisotopic (exact) mass is 239 g/mol. The van der Waals surface area contributed by atoms with E-state index in [1.807, 2.05) is 19.1 Å². The minimum Gasteiger partial charge on any atom is -0.408 e. The molecule has 0 amide bonds. The molecule has 1 heterocycles. The summed E-state index contributed by atoms with van der Waals surface area (Å²) in [5, 5.41) is 8.90. The third-order valence-electron chi connectivity index (χ3n) is 2.38. The smallest absolute Gasteiger partial charge is 0.175 e.